The molecular weight excluding hydrogens is 368 g/mol. The first-order valence-electron chi connectivity index (χ1n) is 11.6. The van der Waals surface area contributed by atoms with Gasteiger partial charge in [0.25, 0.3) is 0 Å². The number of benzene rings is 2. The normalized spacial score (nSPS) is 20.1. The number of nitrogens with zero attached hydrogens (tertiary/aromatic N) is 2. The van der Waals surface area contributed by atoms with Gasteiger partial charge < -0.3 is 9.80 Å². The molecule has 0 aromatic heterocycles. The lowest BCUT2D eigenvalue weighted by molar-refractivity contribution is -0.132. The van der Waals surface area contributed by atoms with Crippen LogP contribution in [0.2, 0.25) is 0 Å². The zero-order valence-corrected chi connectivity index (χ0v) is 19.0. The zero-order valence-electron chi connectivity index (χ0n) is 19.0. The lowest BCUT2D eigenvalue weighted by atomic mass is 9.78. The van der Waals surface area contributed by atoms with Crippen LogP contribution in [-0.2, 0) is 11.2 Å². The maximum atomic E-state index is 12.4. The Morgan fingerprint density at radius 2 is 1.50 bits per heavy atom. The van der Waals surface area contributed by atoms with Gasteiger partial charge in [-0.05, 0) is 76.1 Å². The smallest absolute Gasteiger partial charge is 0.219 e. The number of amides is 1. The van der Waals surface area contributed by atoms with Gasteiger partial charge in [0.1, 0.15) is 0 Å². The Kier molecular flexibility index (Phi) is 8.50. The number of unbranched alkanes of at least 4 members (excludes halogenated alkanes) is 1. The topological polar surface area (TPSA) is 23.6 Å². The van der Waals surface area contributed by atoms with E-state index in [9.17, 15) is 4.79 Å². The predicted octanol–water partition coefficient (Wildman–Crippen LogP) is 5.72. The van der Waals surface area contributed by atoms with E-state index in [0.29, 0.717) is 18.0 Å². The molecule has 0 aliphatic heterocycles. The number of hydrogen-bond acceptors (Lipinski definition) is 2. The number of carbonyl (C=O) groups excluding carboxylic acids is 1. The van der Waals surface area contributed by atoms with Crippen LogP contribution in [0.1, 0.15) is 62.6 Å². The van der Waals surface area contributed by atoms with Crippen molar-refractivity contribution in [3.63, 3.8) is 0 Å². The molecule has 3 nitrogen and oxygen atoms in total. The standard InChI is InChI=1S/C27H38N2O/c1-22(30)29(21-11-10-14-23-12-6-4-7-13-23)26-19-17-25(18-20-26)27(28(2)3)24-15-8-5-9-16-24/h4-9,12-13,15-16,25-27H,10-11,14,17-21H2,1-3H3. The quantitative estimate of drug-likeness (QED) is 0.497. The summed E-state index contributed by atoms with van der Waals surface area (Å²) in [6.45, 7) is 2.64. The minimum Gasteiger partial charge on any atom is -0.340 e. The van der Waals surface area contributed by atoms with Gasteiger partial charge in [-0.3, -0.25) is 4.79 Å². The summed E-state index contributed by atoms with van der Waals surface area (Å²) in [5.74, 6) is 0.899. The van der Waals surface area contributed by atoms with E-state index in [1.165, 1.54) is 24.0 Å². The fourth-order valence-corrected chi connectivity index (χ4v) is 5.22. The average Bonchev–Trinajstić information content (AvgIpc) is 2.75. The van der Waals surface area contributed by atoms with E-state index >= 15 is 0 Å². The summed E-state index contributed by atoms with van der Waals surface area (Å²) in [6, 6.07) is 22.4. The van der Waals surface area contributed by atoms with Gasteiger partial charge in [0, 0.05) is 25.6 Å². The van der Waals surface area contributed by atoms with Gasteiger partial charge in [0.15, 0.2) is 0 Å². The second kappa shape index (κ2) is 11.3. The predicted molar refractivity (Wildman–Crippen MR) is 125 cm³/mol. The molecule has 1 amide bonds. The van der Waals surface area contributed by atoms with E-state index in [1.807, 2.05) is 0 Å². The molecule has 1 saturated carbocycles. The molecule has 0 spiro atoms. The molecule has 2 aromatic rings. The Hall–Kier alpha value is -2.13. The van der Waals surface area contributed by atoms with Crippen LogP contribution in [-0.4, -0.2) is 42.4 Å². The van der Waals surface area contributed by atoms with Crippen LogP contribution >= 0.6 is 0 Å². The minimum absolute atomic E-state index is 0.241. The fourth-order valence-electron chi connectivity index (χ4n) is 5.22. The molecule has 1 aliphatic carbocycles. The van der Waals surface area contributed by atoms with Crippen LogP contribution in [0, 0.1) is 5.92 Å². The van der Waals surface area contributed by atoms with Gasteiger partial charge in [-0.1, -0.05) is 60.7 Å². The van der Waals surface area contributed by atoms with Crippen LogP contribution < -0.4 is 0 Å². The average molecular weight is 407 g/mol. The summed E-state index contributed by atoms with van der Waals surface area (Å²) in [5.41, 5.74) is 2.80. The van der Waals surface area contributed by atoms with E-state index in [0.717, 1.165) is 38.6 Å². The van der Waals surface area contributed by atoms with E-state index in [1.54, 1.807) is 6.92 Å². The Morgan fingerprint density at radius 3 is 2.07 bits per heavy atom. The van der Waals surface area contributed by atoms with Crippen LogP contribution in [0.3, 0.4) is 0 Å². The summed E-state index contributed by atoms with van der Waals surface area (Å²) in [6.07, 6.45) is 7.95. The zero-order chi connectivity index (χ0) is 21.3. The third-order valence-corrected chi connectivity index (χ3v) is 6.69. The fraction of sp³-hybridized carbons (Fsp3) is 0.519. The first-order chi connectivity index (χ1) is 14.6. The first-order valence-corrected chi connectivity index (χ1v) is 11.6. The SMILES string of the molecule is CC(=O)N(CCCCc1ccccc1)C1CCC(C(c2ccccc2)N(C)C)CC1. The molecule has 0 saturated heterocycles. The van der Waals surface area contributed by atoms with Gasteiger partial charge in [-0.2, -0.15) is 0 Å². The van der Waals surface area contributed by atoms with Crippen molar-refractivity contribution in [1.82, 2.24) is 9.80 Å². The molecule has 3 heteroatoms. The maximum Gasteiger partial charge on any atom is 0.219 e. The first kappa shape index (κ1) is 22.6. The lowest BCUT2D eigenvalue weighted by Crippen LogP contribution is -2.43. The van der Waals surface area contributed by atoms with E-state index in [4.69, 9.17) is 0 Å². The van der Waals surface area contributed by atoms with Gasteiger partial charge in [0.05, 0.1) is 0 Å². The molecule has 1 atom stereocenters. The molecule has 2 aromatic carbocycles. The molecule has 1 aliphatic rings. The Labute approximate surface area is 183 Å². The van der Waals surface area contributed by atoms with E-state index in [-0.39, 0.29) is 5.91 Å². The van der Waals surface area contributed by atoms with Crippen molar-refractivity contribution in [2.75, 3.05) is 20.6 Å². The number of aryl methyl sites for hydroxylation is 1. The van der Waals surface area contributed by atoms with Crippen molar-refractivity contribution < 1.29 is 4.79 Å². The Balaban J connectivity index is 1.51. The van der Waals surface area contributed by atoms with Crippen molar-refractivity contribution in [2.24, 2.45) is 5.92 Å². The summed E-state index contributed by atoms with van der Waals surface area (Å²) in [4.78, 5) is 16.9. The summed E-state index contributed by atoms with van der Waals surface area (Å²) in [7, 11) is 4.39. The monoisotopic (exact) mass is 406 g/mol. The molecular formula is C27H38N2O. The van der Waals surface area contributed by atoms with Crippen LogP contribution in [0.4, 0.5) is 0 Å². The minimum atomic E-state index is 0.241. The van der Waals surface area contributed by atoms with Gasteiger partial charge in [-0.15, -0.1) is 0 Å². The molecule has 0 heterocycles. The molecule has 3 rings (SSSR count). The van der Waals surface area contributed by atoms with Gasteiger partial charge in [-0.25, -0.2) is 0 Å². The van der Waals surface area contributed by atoms with Crippen molar-refractivity contribution in [3.8, 4) is 0 Å². The van der Waals surface area contributed by atoms with Crippen molar-refractivity contribution >= 4 is 5.91 Å². The summed E-state index contributed by atoms with van der Waals surface area (Å²) in [5, 5.41) is 0. The third-order valence-electron chi connectivity index (χ3n) is 6.69. The van der Waals surface area contributed by atoms with E-state index < -0.39 is 0 Å². The molecule has 1 fully saturated rings. The number of hydrogen-bond donors (Lipinski definition) is 0. The van der Waals surface area contributed by atoms with Crippen molar-refractivity contribution in [3.05, 3.63) is 71.8 Å². The molecule has 162 valence electrons. The molecule has 1 unspecified atom stereocenters. The highest BCUT2D eigenvalue weighted by Crippen LogP contribution is 2.38. The summed E-state index contributed by atoms with van der Waals surface area (Å²) < 4.78 is 0. The number of carbonyl (C=O) groups is 1. The molecule has 0 radical (unpaired) electrons. The molecule has 0 N–H and O–H groups in total. The lowest BCUT2D eigenvalue weighted by Gasteiger charge is -2.41. The maximum absolute atomic E-state index is 12.4. The summed E-state index contributed by atoms with van der Waals surface area (Å²) >= 11 is 0. The second-order valence-corrected chi connectivity index (χ2v) is 9.04. The molecule has 30 heavy (non-hydrogen) atoms. The van der Waals surface area contributed by atoms with Crippen LogP contribution in [0.5, 0.6) is 0 Å². The largest absolute Gasteiger partial charge is 0.340 e. The van der Waals surface area contributed by atoms with Crippen LogP contribution in [0.15, 0.2) is 60.7 Å². The Morgan fingerprint density at radius 1 is 0.900 bits per heavy atom. The highest BCUT2D eigenvalue weighted by Gasteiger charge is 2.32. The van der Waals surface area contributed by atoms with Gasteiger partial charge in [0.2, 0.25) is 5.91 Å². The second-order valence-electron chi connectivity index (χ2n) is 9.04. The highest BCUT2D eigenvalue weighted by atomic mass is 16.2. The van der Waals surface area contributed by atoms with Crippen LogP contribution in [0.25, 0.3) is 0 Å². The molecule has 0 bridgehead atoms. The Bertz CT molecular complexity index is 751. The number of rotatable bonds is 9. The van der Waals surface area contributed by atoms with Crippen molar-refractivity contribution in [1.29, 1.82) is 0 Å². The highest BCUT2D eigenvalue weighted by molar-refractivity contribution is 5.73. The van der Waals surface area contributed by atoms with E-state index in [2.05, 4.69) is 84.6 Å². The van der Waals surface area contributed by atoms with Crippen molar-refractivity contribution in [2.45, 2.75) is 64.0 Å². The van der Waals surface area contributed by atoms with Gasteiger partial charge >= 0.3 is 0 Å². The third kappa shape index (κ3) is 6.18.